The van der Waals surface area contributed by atoms with E-state index in [0.29, 0.717) is 5.92 Å². The van der Waals surface area contributed by atoms with Gasteiger partial charge in [-0.1, -0.05) is 13.3 Å². The third-order valence-electron chi connectivity index (χ3n) is 4.02. The van der Waals surface area contributed by atoms with Gasteiger partial charge >= 0.3 is 0 Å². The van der Waals surface area contributed by atoms with Crippen molar-refractivity contribution in [1.82, 2.24) is 5.32 Å². The molecule has 0 aromatic rings. The van der Waals surface area contributed by atoms with Crippen LogP contribution in [0.2, 0.25) is 0 Å². The molecule has 0 aromatic heterocycles. The topological polar surface area (TPSA) is 38.3 Å². The van der Waals surface area contributed by atoms with Crippen LogP contribution < -0.4 is 5.32 Å². The van der Waals surface area contributed by atoms with Crippen molar-refractivity contribution in [2.24, 2.45) is 17.8 Å². The molecular weight excluding hydrogens is 214 g/mol. The van der Waals surface area contributed by atoms with Crippen molar-refractivity contribution in [3.05, 3.63) is 0 Å². The first-order valence-electron chi connectivity index (χ1n) is 7.16. The molecule has 2 saturated carbocycles. The predicted molar refractivity (Wildman–Crippen MR) is 67.7 cm³/mol. The fraction of sp³-hybridized carbons (Fsp3) is 0.929. The molecule has 1 N–H and O–H groups in total. The highest BCUT2D eigenvalue weighted by Crippen LogP contribution is 2.54. The molecular formula is C14H25NO2. The minimum Gasteiger partial charge on any atom is -0.381 e. The van der Waals surface area contributed by atoms with E-state index >= 15 is 0 Å². The lowest BCUT2D eigenvalue weighted by Crippen LogP contribution is -2.31. The monoisotopic (exact) mass is 239 g/mol. The summed E-state index contributed by atoms with van der Waals surface area (Å²) in [6.07, 6.45) is 6.93. The summed E-state index contributed by atoms with van der Waals surface area (Å²) in [7, 11) is 0. The van der Waals surface area contributed by atoms with Crippen LogP contribution in [0.25, 0.3) is 0 Å². The van der Waals surface area contributed by atoms with E-state index in [0.717, 1.165) is 57.3 Å². The van der Waals surface area contributed by atoms with Gasteiger partial charge in [-0.25, -0.2) is 0 Å². The highest BCUT2D eigenvalue weighted by atomic mass is 16.5. The first-order valence-corrected chi connectivity index (χ1v) is 7.16. The predicted octanol–water partition coefficient (Wildman–Crippen LogP) is 2.36. The van der Waals surface area contributed by atoms with E-state index in [1.807, 2.05) is 0 Å². The number of unbranched alkanes of at least 4 members (excludes halogenated alkanes) is 1. The molecule has 3 nitrogen and oxygen atoms in total. The van der Waals surface area contributed by atoms with Crippen LogP contribution in [0, 0.1) is 17.8 Å². The second-order valence-electron chi connectivity index (χ2n) is 5.53. The lowest BCUT2D eigenvalue weighted by molar-refractivity contribution is -0.125. The van der Waals surface area contributed by atoms with Crippen molar-refractivity contribution >= 4 is 5.91 Å². The SMILES string of the molecule is CCCCOCCCNC(=O)C1CC2CC2C1. The normalized spacial score (nSPS) is 30.1. The Hall–Kier alpha value is -0.570. The maximum absolute atomic E-state index is 11.8. The first-order chi connectivity index (χ1) is 8.31. The van der Waals surface area contributed by atoms with Gasteiger partial charge in [-0.3, -0.25) is 4.79 Å². The summed E-state index contributed by atoms with van der Waals surface area (Å²) in [5.41, 5.74) is 0. The highest BCUT2D eigenvalue weighted by Gasteiger charge is 2.47. The summed E-state index contributed by atoms with van der Waals surface area (Å²) < 4.78 is 5.45. The Morgan fingerprint density at radius 1 is 1.18 bits per heavy atom. The van der Waals surface area contributed by atoms with E-state index < -0.39 is 0 Å². The fourth-order valence-corrected chi connectivity index (χ4v) is 2.81. The summed E-state index contributed by atoms with van der Waals surface area (Å²) in [6.45, 7) is 4.57. The Bertz CT molecular complexity index is 245. The number of rotatable bonds is 8. The van der Waals surface area contributed by atoms with Crippen LogP contribution in [-0.4, -0.2) is 25.7 Å². The molecule has 2 rings (SSSR count). The molecule has 98 valence electrons. The maximum Gasteiger partial charge on any atom is 0.223 e. The molecule has 0 spiro atoms. The molecule has 17 heavy (non-hydrogen) atoms. The Morgan fingerprint density at radius 2 is 1.88 bits per heavy atom. The van der Waals surface area contributed by atoms with Crippen molar-refractivity contribution in [1.29, 1.82) is 0 Å². The van der Waals surface area contributed by atoms with Crippen LogP contribution in [0.1, 0.15) is 45.4 Å². The van der Waals surface area contributed by atoms with Crippen molar-refractivity contribution in [3.8, 4) is 0 Å². The fourth-order valence-electron chi connectivity index (χ4n) is 2.81. The summed E-state index contributed by atoms with van der Waals surface area (Å²) in [5.74, 6) is 2.39. The van der Waals surface area contributed by atoms with E-state index in [9.17, 15) is 4.79 Å². The molecule has 2 unspecified atom stereocenters. The molecule has 0 aromatic carbocycles. The number of ether oxygens (including phenoxy) is 1. The zero-order valence-electron chi connectivity index (χ0n) is 10.9. The van der Waals surface area contributed by atoms with Gasteiger partial charge < -0.3 is 10.1 Å². The average molecular weight is 239 g/mol. The van der Waals surface area contributed by atoms with Gasteiger partial charge in [0.25, 0.3) is 0 Å². The van der Waals surface area contributed by atoms with Crippen molar-refractivity contribution in [2.75, 3.05) is 19.8 Å². The van der Waals surface area contributed by atoms with E-state index in [1.54, 1.807) is 0 Å². The minimum atomic E-state index is 0.283. The van der Waals surface area contributed by atoms with Crippen LogP contribution in [0.4, 0.5) is 0 Å². The molecule has 0 radical (unpaired) electrons. The maximum atomic E-state index is 11.8. The van der Waals surface area contributed by atoms with Crippen LogP contribution >= 0.6 is 0 Å². The molecule has 0 aliphatic heterocycles. The van der Waals surface area contributed by atoms with Gasteiger partial charge in [0.1, 0.15) is 0 Å². The van der Waals surface area contributed by atoms with E-state index in [-0.39, 0.29) is 5.91 Å². The number of hydrogen-bond acceptors (Lipinski definition) is 2. The van der Waals surface area contributed by atoms with Gasteiger partial charge in [0.15, 0.2) is 0 Å². The van der Waals surface area contributed by atoms with Crippen LogP contribution in [0.3, 0.4) is 0 Å². The highest BCUT2D eigenvalue weighted by molar-refractivity contribution is 5.79. The molecule has 1 amide bonds. The zero-order chi connectivity index (χ0) is 12.1. The number of hydrogen-bond donors (Lipinski definition) is 1. The van der Waals surface area contributed by atoms with E-state index in [2.05, 4.69) is 12.2 Å². The lowest BCUT2D eigenvalue weighted by atomic mass is 10.0. The molecule has 0 bridgehead atoms. The molecule has 2 aliphatic rings. The van der Waals surface area contributed by atoms with Crippen LogP contribution in [0.5, 0.6) is 0 Å². The Kier molecular flexibility index (Phi) is 4.84. The molecule has 0 saturated heterocycles. The average Bonchev–Trinajstić information content (AvgIpc) is 2.95. The van der Waals surface area contributed by atoms with Crippen molar-refractivity contribution in [3.63, 3.8) is 0 Å². The first kappa shape index (κ1) is 12.9. The number of carbonyl (C=O) groups excluding carboxylic acids is 1. The van der Waals surface area contributed by atoms with Gasteiger partial charge in [0.2, 0.25) is 5.91 Å². The number of amides is 1. The summed E-state index contributed by atoms with van der Waals surface area (Å²) in [5, 5.41) is 3.04. The van der Waals surface area contributed by atoms with Crippen molar-refractivity contribution in [2.45, 2.75) is 45.4 Å². The standard InChI is InChI=1S/C14H25NO2/c1-2-3-6-17-7-4-5-15-14(16)13-9-11-8-12(11)10-13/h11-13H,2-10H2,1H3,(H,15,16). The summed E-state index contributed by atoms with van der Waals surface area (Å²) in [6, 6.07) is 0. The molecule has 2 atom stereocenters. The molecule has 2 aliphatic carbocycles. The van der Waals surface area contributed by atoms with Gasteiger partial charge in [0.05, 0.1) is 0 Å². The number of fused-ring (bicyclic) bond motifs is 1. The van der Waals surface area contributed by atoms with Gasteiger partial charge in [-0.15, -0.1) is 0 Å². The Balaban J connectivity index is 1.43. The van der Waals surface area contributed by atoms with Gasteiger partial charge in [0, 0.05) is 25.7 Å². The minimum absolute atomic E-state index is 0.283. The molecule has 0 heterocycles. The number of carbonyl (C=O) groups is 1. The van der Waals surface area contributed by atoms with Crippen LogP contribution in [0.15, 0.2) is 0 Å². The van der Waals surface area contributed by atoms with Crippen molar-refractivity contribution < 1.29 is 9.53 Å². The van der Waals surface area contributed by atoms with E-state index in [4.69, 9.17) is 4.74 Å². The molecule has 2 fully saturated rings. The zero-order valence-corrected chi connectivity index (χ0v) is 10.9. The number of nitrogens with one attached hydrogen (secondary N) is 1. The smallest absolute Gasteiger partial charge is 0.223 e. The largest absolute Gasteiger partial charge is 0.381 e. The second kappa shape index (κ2) is 6.39. The van der Waals surface area contributed by atoms with E-state index in [1.165, 1.54) is 12.8 Å². The van der Waals surface area contributed by atoms with Crippen LogP contribution in [-0.2, 0) is 9.53 Å². The summed E-state index contributed by atoms with van der Waals surface area (Å²) in [4.78, 5) is 11.8. The second-order valence-corrected chi connectivity index (χ2v) is 5.53. The van der Waals surface area contributed by atoms with Gasteiger partial charge in [-0.2, -0.15) is 0 Å². The lowest BCUT2D eigenvalue weighted by Gasteiger charge is -2.12. The quantitative estimate of drug-likeness (QED) is 0.660. The third-order valence-corrected chi connectivity index (χ3v) is 4.02. The Morgan fingerprint density at radius 3 is 2.59 bits per heavy atom. The molecule has 3 heteroatoms. The Labute approximate surface area is 104 Å². The summed E-state index contributed by atoms with van der Waals surface area (Å²) >= 11 is 0. The van der Waals surface area contributed by atoms with Gasteiger partial charge in [-0.05, 0) is 43.9 Å². The third kappa shape index (κ3) is 3.98.